The van der Waals surface area contributed by atoms with Gasteiger partial charge in [0.15, 0.2) is 16.3 Å². The van der Waals surface area contributed by atoms with E-state index in [0.717, 1.165) is 5.56 Å². The fourth-order valence-electron chi connectivity index (χ4n) is 4.82. The lowest BCUT2D eigenvalue weighted by atomic mass is 9.96. The van der Waals surface area contributed by atoms with Crippen molar-refractivity contribution in [2.75, 3.05) is 20.3 Å². The summed E-state index contributed by atoms with van der Waals surface area (Å²) in [5, 5.41) is 0. The van der Waals surface area contributed by atoms with Crippen molar-refractivity contribution in [2.45, 2.75) is 33.4 Å². The van der Waals surface area contributed by atoms with Gasteiger partial charge in [-0.3, -0.25) is 9.36 Å². The maximum Gasteiger partial charge on any atom is 0.338 e. The van der Waals surface area contributed by atoms with Crippen molar-refractivity contribution in [3.05, 3.63) is 120 Å². The zero-order chi connectivity index (χ0) is 30.5. The van der Waals surface area contributed by atoms with E-state index in [2.05, 4.69) is 4.99 Å². The lowest BCUT2D eigenvalue weighted by Gasteiger charge is -2.24. The molecule has 0 saturated carbocycles. The zero-order valence-electron chi connectivity index (χ0n) is 24.3. The van der Waals surface area contributed by atoms with E-state index in [4.69, 9.17) is 18.9 Å². The van der Waals surface area contributed by atoms with E-state index in [1.54, 1.807) is 75.6 Å². The molecule has 5 rings (SSSR count). The molecule has 222 valence electrons. The molecule has 0 N–H and O–H groups in total. The van der Waals surface area contributed by atoms with Crippen LogP contribution in [0.4, 0.5) is 4.39 Å². The number of allylic oxidation sites excluding steroid dienone is 1. The van der Waals surface area contributed by atoms with Gasteiger partial charge in [-0.25, -0.2) is 14.2 Å². The van der Waals surface area contributed by atoms with Crippen LogP contribution in [0.25, 0.3) is 6.08 Å². The van der Waals surface area contributed by atoms with Gasteiger partial charge >= 0.3 is 5.97 Å². The van der Waals surface area contributed by atoms with Crippen LogP contribution in [-0.2, 0) is 16.1 Å². The number of hydrogen-bond acceptors (Lipinski definition) is 8. The van der Waals surface area contributed by atoms with Crippen LogP contribution < -0.4 is 29.1 Å². The van der Waals surface area contributed by atoms with E-state index >= 15 is 0 Å². The Labute approximate surface area is 252 Å². The van der Waals surface area contributed by atoms with Gasteiger partial charge in [-0.2, -0.15) is 0 Å². The van der Waals surface area contributed by atoms with Crippen molar-refractivity contribution in [3.8, 4) is 17.2 Å². The highest BCUT2D eigenvalue weighted by Crippen LogP contribution is 2.32. The number of carbonyl (C=O) groups is 1. The number of carbonyl (C=O) groups excluding carboxylic acids is 1. The monoisotopic (exact) mass is 602 g/mol. The molecule has 3 aromatic carbocycles. The molecule has 10 heteroatoms. The molecular weight excluding hydrogens is 571 g/mol. The number of rotatable bonds is 10. The molecule has 1 aliphatic rings. The van der Waals surface area contributed by atoms with Gasteiger partial charge in [-0.15, -0.1) is 0 Å². The average molecular weight is 603 g/mol. The minimum absolute atomic E-state index is 0.0399. The summed E-state index contributed by atoms with van der Waals surface area (Å²) in [5.41, 5.74) is 2.36. The molecule has 0 bridgehead atoms. The summed E-state index contributed by atoms with van der Waals surface area (Å²) in [6, 6.07) is 18.2. The largest absolute Gasteiger partial charge is 0.497 e. The van der Waals surface area contributed by atoms with Crippen LogP contribution in [0.3, 0.4) is 0 Å². The first-order chi connectivity index (χ1) is 20.8. The number of benzene rings is 3. The maximum absolute atomic E-state index is 14.1. The number of halogens is 1. The predicted molar refractivity (Wildman–Crippen MR) is 162 cm³/mol. The SMILES string of the molecule is CCOC(=O)C1=C(C)N=c2s/c(=C\c3ccc(OCc4ccccc4F)c(OCC)c3)c(=O)n2[C@H]1c1ccc(OC)cc1. The number of fused-ring (bicyclic) bond motifs is 1. The van der Waals surface area contributed by atoms with Crippen molar-refractivity contribution in [1.82, 2.24) is 4.57 Å². The van der Waals surface area contributed by atoms with E-state index in [-0.39, 0.29) is 24.6 Å². The Balaban J connectivity index is 1.56. The summed E-state index contributed by atoms with van der Waals surface area (Å²) in [5.74, 6) is 0.712. The molecule has 0 unspecified atom stereocenters. The smallest absolute Gasteiger partial charge is 0.338 e. The second-order valence-corrected chi connectivity index (χ2v) is 10.6. The lowest BCUT2D eigenvalue weighted by molar-refractivity contribution is -0.139. The topological polar surface area (TPSA) is 88.4 Å². The molecule has 43 heavy (non-hydrogen) atoms. The van der Waals surface area contributed by atoms with Crippen LogP contribution >= 0.6 is 11.3 Å². The van der Waals surface area contributed by atoms with E-state index in [1.165, 1.54) is 22.0 Å². The molecule has 1 aliphatic heterocycles. The Kier molecular flexibility index (Phi) is 9.06. The number of methoxy groups -OCH3 is 1. The standard InChI is InChI=1S/C33H31FN2O6S/c1-5-40-27-17-21(11-16-26(27)42-19-23-9-7-8-10-25(23)34)18-28-31(37)36-30(22-12-14-24(39-4)15-13-22)29(32(38)41-6-2)20(3)35-33(36)43-28/h7-18,30H,5-6,19H2,1-4H3/b28-18-/t30-/m0/s1. The number of hydrogen-bond donors (Lipinski definition) is 0. The third kappa shape index (κ3) is 6.24. The van der Waals surface area contributed by atoms with Gasteiger partial charge in [0.25, 0.3) is 5.56 Å². The van der Waals surface area contributed by atoms with Crippen molar-refractivity contribution in [3.63, 3.8) is 0 Å². The summed E-state index contributed by atoms with van der Waals surface area (Å²) in [4.78, 5) is 32.1. The molecule has 0 aliphatic carbocycles. The summed E-state index contributed by atoms with van der Waals surface area (Å²) in [6.07, 6.45) is 1.75. The molecule has 0 radical (unpaired) electrons. The number of thiazole rings is 1. The number of aromatic nitrogens is 1. The minimum atomic E-state index is -0.725. The minimum Gasteiger partial charge on any atom is -0.497 e. The second-order valence-electron chi connectivity index (χ2n) is 9.59. The van der Waals surface area contributed by atoms with Crippen molar-refractivity contribution >= 4 is 23.4 Å². The molecule has 0 spiro atoms. The molecule has 0 saturated heterocycles. The number of nitrogens with zero attached hydrogens (tertiary/aromatic N) is 2. The van der Waals surface area contributed by atoms with Crippen LogP contribution in [-0.4, -0.2) is 30.9 Å². The molecule has 4 aromatic rings. The van der Waals surface area contributed by atoms with Gasteiger partial charge < -0.3 is 18.9 Å². The highest BCUT2D eigenvalue weighted by molar-refractivity contribution is 7.07. The first-order valence-corrected chi connectivity index (χ1v) is 14.6. The highest BCUT2D eigenvalue weighted by atomic mass is 32.1. The first-order valence-electron chi connectivity index (χ1n) is 13.8. The second kappa shape index (κ2) is 13.1. The van der Waals surface area contributed by atoms with E-state index in [1.807, 2.05) is 19.1 Å². The van der Waals surface area contributed by atoms with E-state index in [0.29, 0.717) is 55.6 Å². The molecule has 0 amide bonds. The maximum atomic E-state index is 14.1. The van der Waals surface area contributed by atoms with E-state index < -0.39 is 12.0 Å². The van der Waals surface area contributed by atoms with Crippen molar-refractivity contribution in [1.29, 1.82) is 0 Å². The summed E-state index contributed by atoms with van der Waals surface area (Å²) in [6.45, 7) is 5.95. The fraction of sp³-hybridized carbons (Fsp3) is 0.242. The van der Waals surface area contributed by atoms with Gasteiger partial charge in [0.05, 0.1) is 42.2 Å². The Hall–Kier alpha value is -4.70. The summed E-state index contributed by atoms with van der Waals surface area (Å²) in [7, 11) is 1.57. The Bertz CT molecular complexity index is 1860. The van der Waals surface area contributed by atoms with Crippen LogP contribution in [0.15, 0.2) is 87.8 Å². The van der Waals surface area contributed by atoms with Gasteiger partial charge in [0, 0.05) is 5.56 Å². The fourth-order valence-corrected chi connectivity index (χ4v) is 5.86. The van der Waals surface area contributed by atoms with Crippen LogP contribution in [0.1, 0.15) is 43.5 Å². The average Bonchev–Trinajstić information content (AvgIpc) is 3.30. The lowest BCUT2D eigenvalue weighted by Crippen LogP contribution is -2.39. The van der Waals surface area contributed by atoms with Gasteiger partial charge in [0.1, 0.15) is 18.2 Å². The summed E-state index contributed by atoms with van der Waals surface area (Å²) >= 11 is 1.23. The van der Waals surface area contributed by atoms with E-state index in [9.17, 15) is 14.0 Å². The zero-order valence-corrected chi connectivity index (χ0v) is 25.1. The number of esters is 1. The first kappa shape index (κ1) is 29.8. The highest BCUT2D eigenvalue weighted by Gasteiger charge is 2.33. The van der Waals surface area contributed by atoms with Crippen LogP contribution in [0.5, 0.6) is 17.2 Å². The predicted octanol–water partition coefficient (Wildman–Crippen LogP) is 4.92. The molecule has 1 atom stereocenters. The van der Waals surface area contributed by atoms with Gasteiger partial charge in [0.2, 0.25) is 0 Å². The third-order valence-electron chi connectivity index (χ3n) is 6.85. The van der Waals surface area contributed by atoms with Gasteiger partial charge in [-0.05, 0) is 68.3 Å². The van der Waals surface area contributed by atoms with Crippen LogP contribution in [0.2, 0.25) is 0 Å². The third-order valence-corrected chi connectivity index (χ3v) is 7.84. The Morgan fingerprint density at radius 2 is 1.79 bits per heavy atom. The normalized spacial score (nSPS) is 14.6. The Morgan fingerprint density at radius 1 is 1.02 bits per heavy atom. The quantitative estimate of drug-likeness (QED) is 0.240. The molecule has 0 fully saturated rings. The van der Waals surface area contributed by atoms with Crippen molar-refractivity contribution in [2.24, 2.45) is 4.99 Å². The number of ether oxygens (including phenoxy) is 4. The molecular formula is C33H31FN2O6S. The summed E-state index contributed by atoms with van der Waals surface area (Å²) < 4.78 is 38.4. The van der Waals surface area contributed by atoms with Crippen LogP contribution in [0, 0.1) is 5.82 Å². The molecule has 8 nitrogen and oxygen atoms in total. The molecule has 2 heterocycles. The van der Waals surface area contributed by atoms with Crippen molar-refractivity contribution < 1.29 is 28.1 Å². The Morgan fingerprint density at radius 3 is 2.49 bits per heavy atom. The van der Waals surface area contributed by atoms with Gasteiger partial charge in [-0.1, -0.05) is 47.7 Å². The molecule has 1 aromatic heterocycles.